The smallest absolute Gasteiger partial charge is 0.251 e. The van der Waals surface area contributed by atoms with Gasteiger partial charge in [0.1, 0.15) is 17.7 Å². The number of anilines is 1. The van der Waals surface area contributed by atoms with Crippen LogP contribution in [0.3, 0.4) is 0 Å². The molecule has 0 bridgehead atoms. The zero-order chi connectivity index (χ0) is 15.8. The largest absolute Gasteiger partial charge is 0.360 e. The van der Waals surface area contributed by atoms with Crippen LogP contribution < -0.4 is 10.6 Å². The molecule has 1 rings (SSSR count). The van der Waals surface area contributed by atoms with Crippen LogP contribution in [0.2, 0.25) is 0 Å². The summed E-state index contributed by atoms with van der Waals surface area (Å²) in [6.07, 6.45) is 1.33. The summed E-state index contributed by atoms with van der Waals surface area (Å²) in [4.78, 5) is 12.1. The van der Waals surface area contributed by atoms with E-state index in [1.807, 2.05) is 20.8 Å². The average Bonchev–Trinajstić information content (AvgIpc) is 2.47. The van der Waals surface area contributed by atoms with Gasteiger partial charge in [0, 0.05) is 24.0 Å². The van der Waals surface area contributed by atoms with Gasteiger partial charge in [0.15, 0.2) is 0 Å². The molecule has 5 heteroatoms. The molecule has 0 saturated heterocycles. The van der Waals surface area contributed by atoms with Crippen molar-refractivity contribution in [1.82, 2.24) is 5.32 Å². The Kier molecular flexibility index (Phi) is 5.98. The Bertz CT molecular complexity index is 617. The van der Waals surface area contributed by atoms with Crippen LogP contribution in [-0.2, 0) is 0 Å². The number of nitrogens with zero attached hydrogens (tertiary/aromatic N) is 2. The lowest BCUT2D eigenvalue weighted by atomic mass is 10.1. The lowest BCUT2D eigenvalue weighted by Gasteiger charge is -2.12. The van der Waals surface area contributed by atoms with Crippen LogP contribution >= 0.6 is 0 Å². The first-order chi connectivity index (χ1) is 9.99. The van der Waals surface area contributed by atoms with Crippen LogP contribution in [0.15, 0.2) is 30.0 Å². The highest BCUT2D eigenvalue weighted by molar-refractivity contribution is 5.97. The highest BCUT2D eigenvalue weighted by Gasteiger charge is 2.11. The molecule has 1 amide bonds. The third-order valence-electron chi connectivity index (χ3n) is 2.86. The fraction of sp³-hybridized carbons (Fsp3) is 0.312. The topological polar surface area (TPSA) is 88.7 Å². The number of allylic oxidation sites excluding steroid dienone is 1. The first-order valence-corrected chi connectivity index (χ1v) is 6.64. The molecule has 0 spiro atoms. The molecule has 0 aliphatic carbocycles. The minimum atomic E-state index is -0.130. The van der Waals surface area contributed by atoms with Crippen molar-refractivity contribution >= 4 is 11.6 Å². The lowest BCUT2D eigenvalue weighted by molar-refractivity contribution is 0.0948. The van der Waals surface area contributed by atoms with E-state index < -0.39 is 0 Å². The van der Waals surface area contributed by atoms with Crippen molar-refractivity contribution < 1.29 is 4.79 Å². The molecule has 0 radical (unpaired) electrons. The fourth-order valence-corrected chi connectivity index (χ4v) is 1.67. The molecular weight excluding hydrogens is 264 g/mol. The van der Waals surface area contributed by atoms with Gasteiger partial charge in [-0.25, -0.2) is 0 Å². The van der Waals surface area contributed by atoms with Gasteiger partial charge in [0.2, 0.25) is 0 Å². The molecule has 0 fully saturated rings. The summed E-state index contributed by atoms with van der Waals surface area (Å²) >= 11 is 0. The minimum absolute atomic E-state index is 0.0240. The van der Waals surface area contributed by atoms with Crippen molar-refractivity contribution in [2.24, 2.45) is 5.92 Å². The quantitative estimate of drug-likeness (QED) is 0.813. The van der Waals surface area contributed by atoms with Gasteiger partial charge in [-0.15, -0.1) is 0 Å². The van der Waals surface area contributed by atoms with Crippen molar-refractivity contribution in [3.05, 3.63) is 41.1 Å². The Morgan fingerprint density at radius 3 is 2.57 bits per heavy atom. The maximum atomic E-state index is 12.1. The van der Waals surface area contributed by atoms with Crippen molar-refractivity contribution in [2.75, 3.05) is 11.9 Å². The SMILES string of the molecule is Cc1c(NC=C(C#N)C#N)cccc1C(=O)NCC(C)C. The van der Waals surface area contributed by atoms with E-state index in [0.29, 0.717) is 23.7 Å². The lowest BCUT2D eigenvalue weighted by Crippen LogP contribution is -2.28. The number of carbonyl (C=O) groups excluding carboxylic acids is 1. The van der Waals surface area contributed by atoms with Gasteiger partial charge in [-0.3, -0.25) is 4.79 Å². The molecule has 0 saturated carbocycles. The summed E-state index contributed by atoms with van der Waals surface area (Å²) in [6.45, 7) is 6.49. The third kappa shape index (κ3) is 4.67. The van der Waals surface area contributed by atoms with Gasteiger partial charge in [-0.05, 0) is 30.5 Å². The summed E-state index contributed by atoms with van der Waals surface area (Å²) in [7, 11) is 0. The van der Waals surface area contributed by atoms with Crippen LogP contribution in [-0.4, -0.2) is 12.5 Å². The first-order valence-electron chi connectivity index (χ1n) is 6.64. The normalized spacial score (nSPS) is 9.43. The predicted octanol–water partition coefficient (Wildman–Crippen LogP) is 2.72. The molecule has 0 atom stereocenters. The third-order valence-corrected chi connectivity index (χ3v) is 2.86. The number of nitrogens with one attached hydrogen (secondary N) is 2. The molecule has 0 aliphatic heterocycles. The minimum Gasteiger partial charge on any atom is -0.360 e. The second kappa shape index (κ2) is 7.72. The Morgan fingerprint density at radius 1 is 1.33 bits per heavy atom. The van der Waals surface area contributed by atoms with E-state index in [-0.39, 0.29) is 11.5 Å². The Hall–Kier alpha value is -2.79. The summed E-state index contributed by atoms with van der Waals surface area (Å²) in [5, 5.41) is 23.1. The Labute approximate surface area is 124 Å². The maximum Gasteiger partial charge on any atom is 0.251 e. The van der Waals surface area contributed by atoms with Gasteiger partial charge in [0.05, 0.1) is 0 Å². The van der Waals surface area contributed by atoms with E-state index in [1.54, 1.807) is 30.3 Å². The van der Waals surface area contributed by atoms with Gasteiger partial charge >= 0.3 is 0 Å². The van der Waals surface area contributed by atoms with Crippen LogP contribution in [0.1, 0.15) is 29.8 Å². The van der Waals surface area contributed by atoms with Gasteiger partial charge < -0.3 is 10.6 Å². The number of rotatable bonds is 5. The molecule has 1 aromatic rings. The summed E-state index contributed by atoms with van der Waals surface area (Å²) in [6, 6.07) is 8.83. The molecule has 2 N–H and O–H groups in total. The van der Waals surface area contributed by atoms with Gasteiger partial charge in [0.25, 0.3) is 5.91 Å². The zero-order valence-corrected chi connectivity index (χ0v) is 12.4. The standard InChI is InChI=1S/C16H18N4O/c1-11(2)9-20-16(21)14-5-4-6-15(12(14)3)19-10-13(7-17)8-18/h4-6,10-11,19H,9H2,1-3H3,(H,20,21). The highest BCUT2D eigenvalue weighted by atomic mass is 16.1. The summed E-state index contributed by atoms with van der Waals surface area (Å²) < 4.78 is 0. The number of amides is 1. The van der Waals surface area contributed by atoms with Gasteiger partial charge in [-0.1, -0.05) is 19.9 Å². The highest BCUT2D eigenvalue weighted by Crippen LogP contribution is 2.19. The van der Waals surface area contributed by atoms with E-state index in [1.165, 1.54) is 6.20 Å². The number of benzene rings is 1. The van der Waals surface area contributed by atoms with E-state index in [9.17, 15) is 4.79 Å². The second-order valence-electron chi connectivity index (χ2n) is 5.01. The molecule has 0 aliphatic rings. The molecular formula is C16H18N4O. The fourth-order valence-electron chi connectivity index (χ4n) is 1.67. The number of hydrogen-bond acceptors (Lipinski definition) is 4. The molecule has 0 unspecified atom stereocenters. The van der Waals surface area contributed by atoms with Crippen molar-refractivity contribution in [3.8, 4) is 12.1 Å². The first kappa shape index (κ1) is 16.3. The van der Waals surface area contributed by atoms with Crippen molar-refractivity contribution in [3.63, 3.8) is 0 Å². The molecule has 1 aromatic carbocycles. The maximum absolute atomic E-state index is 12.1. The summed E-state index contributed by atoms with van der Waals surface area (Å²) in [5.41, 5.74) is 2.01. The second-order valence-corrected chi connectivity index (χ2v) is 5.01. The van der Waals surface area contributed by atoms with E-state index in [2.05, 4.69) is 10.6 Å². The number of nitriles is 2. The number of hydrogen-bond donors (Lipinski definition) is 2. The van der Waals surface area contributed by atoms with Crippen LogP contribution in [0.25, 0.3) is 0 Å². The van der Waals surface area contributed by atoms with Crippen molar-refractivity contribution in [2.45, 2.75) is 20.8 Å². The number of carbonyl (C=O) groups is 1. The van der Waals surface area contributed by atoms with Crippen LogP contribution in [0.5, 0.6) is 0 Å². The Balaban J connectivity index is 2.94. The molecule has 0 heterocycles. The van der Waals surface area contributed by atoms with E-state index in [0.717, 1.165) is 5.56 Å². The molecule has 108 valence electrons. The average molecular weight is 282 g/mol. The van der Waals surface area contributed by atoms with E-state index in [4.69, 9.17) is 10.5 Å². The van der Waals surface area contributed by atoms with Crippen LogP contribution in [0.4, 0.5) is 5.69 Å². The Morgan fingerprint density at radius 2 is 2.00 bits per heavy atom. The molecule has 5 nitrogen and oxygen atoms in total. The monoisotopic (exact) mass is 282 g/mol. The van der Waals surface area contributed by atoms with Crippen LogP contribution in [0, 0.1) is 35.5 Å². The predicted molar refractivity (Wildman–Crippen MR) is 81.3 cm³/mol. The van der Waals surface area contributed by atoms with Crippen molar-refractivity contribution in [1.29, 1.82) is 10.5 Å². The molecule has 21 heavy (non-hydrogen) atoms. The summed E-state index contributed by atoms with van der Waals surface area (Å²) in [5.74, 6) is 0.252. The molecule has 0 aromatic heterocycles. The van der Waals surface area contributed by atoms with E-state index >= 15 is 0 Å². The zero-order valence-electron chi connectivity index (χ0n) is 12.4. The van der Waals surface area contributed by atoms with Gasteiger partial charge in [-0.2, -0.15) is 10.5 Å².